The van der Waals surface area contributed by atoms with E-state index in [1.807, 2.05) is 6.92 Å². The van der Waals surface area contributed by atoms with Crippen LogP contribution in [-0.4, -0.2) is 47.4 Å². The number of nitrogens with one attached hydrogen (secondary N) is 2. The van der Waals surface area contributed by atoms with Crippen molar-refractivity contribution >= 4 is 17.7 Å². The maximum atomic E-state index is 14.3. The van der Waals surface area contributed by atoms with Crippen molar-refractivity contribution in [1.82, 2.24) is 10.6 Å². The topological polar surface area (TPSA) is 122 Å². The molecule has 0 radical (unpaired) electrons. The van der Waals surface area contributed by atoms with Crippen molar-refractivity contribution in [3.8, 4) is 0 Å². The van der Waals surface area contributed by atoms with Crippen molar-refractivity contribution in [1.29, 1.82) is 0 Å². The Morgan fingerprint density at radius 1 is 1.31 bits per heavy atom. The smallest absolute Gasteiger partial charge is 0.303 e. The van der Waals surface area contributed by atoms with Crippen molar-refractivity contribution in [3.63, 3.8) is 0 Å². The van der Waals surface area contributed by atoms with Crippen LogP contribution < -0.4 is 16.4 Å². The highest BCUT2D eigenvalue weighted by molar-refractivity contribution is 5.95. The number of benzene rings is 1. The number of carboxylic acids is 1. The number of carbonyl (C=O) groups is 3. The summed E-state index contributed by atoms with van der Waals surface area (Å²) in [5.41, 5.74) is 5.60. The second-order valence-electron chi connectivity index (χ2n) is 9.76. The van der Waals surface area contributed by atoms with Gasteiger partial charge in [-0.25, -0.2) is 4.39 Å². The molecule has 7 nitrogen and oxygen atoms in total. The number of rotatable bonds is 8. The quantitative estimate of drug-likeness (QED) is 0.485. The molecule has 1 saturated heterocycles. The van der Waals surface area contributed by atoms with Crippen LogP contribution in [0, 0.1) is 11.7 Å². The van der Waals surface area contributed by atoms with Crippen molar-refractivity contribution < 1.29 is 23.9 Å². The molecule has 1 fully saturated rings. The van der Waals surface area contributed by atoms with E-state index in [2.05, 4.69) is 10.6 Å². The van der Waals surface area contributed by atoms with Gasteiger partial charge in [0, 0.05) is 17.3 Å². The minimum atomic E-state index is -1.15. The zero-order valence-corrected chi connectivity index (χ0v) is 19.0. The summed E-state index contributed by atoms with van der Waals surface area (Å²) >= 11 is 0. The molecule has 3 atom stereocenters. The van der Waals surface area contributed by atoms with Gasteiger partial charge in [0.15, 0.2) is 5.78 Å². The van der Waals surface area contributed by atoms with E-state index < -0.39 is 46.5 Å². The lowest BCUT2D eigenvalue weighted by Gasteiger charge is -2.42. The second kappa shape index (κ2) is 9.27. The minimum absolute atomic E-state index is 0.186. The van der Waals surface area contributed by atoms with E-state index >= 15 is 0 Å². The number of carboxylic acid groups (broad SMARTS) is 1. The molecule has 1 aliphatic carbocycles. The van der Waals surface area contributed by atoms with Gasteiger partial charge in [-0.15, -0.1) is 0 Å². The molecule has 0 saturated carbocycles. The van der Waals surface area contributed by atoms with Crippen LogP contribution in [0.3, 0.4) is 0 Å². The summed E-state index contributed by atoms with van der Waals surface area (Å²) in [6.07, 6.45) is 2.07. The molecular formula is C24H34FN3O4. The summed E-state index contributed by atoms with van der Waals surface area (Å²) in [5.74, 6) is -3.25. The predicted octanol–water partition coefficient (Wildman–Crippen LogP) is 2.23. The molecule has 8 heteroatoms. The summed E-state index contributed by atoms with van der Waals surface area (Å²) in [7, 11) is 0. The lowest BCUT2D eigenvalue weighted by molar-refractivity contribution is -0.139. The molecule has 1 heterocycles. The normalized spacial score (nSPS) is 22.9. The molecule has 2 aliphatic rings. The van der Waals surface area contributed by atoms with E-state index in [0.717, 1.165) is 11.1 Å². The van der Waals surface area contributed by atoms with Crippen LogP contribution in [0.5, 0.6) is 0 Å². The third kappa shape index (κ3) is 4.57. The molecule has 3 rings (SSSR count). The number of Topliss-reactive ketones (excluding diaryl/α,β-unsaturated/α-hetero) is 1. The number of fused-ring (bicyclic) bond motifs is 2. The third-order valence-electron chi connectivity index (χ3n) is 6.96. The van der Waals surface area contributed by atoms with E-state index in [9.17, 15) is 23.9 Å². The van der Waals surface area contributed by atoms with Gasteiger partial charge in [-0.2, -0.15) is 0 Å². The first-order valence-electron chi connectivity index (χ1n) is 11.4. The van der Waals surface area contributed by atoms with E-state index in [1.165, 1.54) is 12.1 Å². The van der Waals surface area contributed by atoms with Crippen molar-refractivity contribution in [2.24, 2.45) is 11.7 Å². The Labute approximate surface area is 188 Å². The zero-order valence-electron chi connectivity index (χ0n) is 19.0. The fourth-order valence-electron chi connectivity index (χ4n) is 5.49. The van der Waals surface area contributed by atoms with E-state index in [1.54, 1.807) is 19.9 Å². The summed E-state index contributed by atoms with van der Waals surface area (Å²) in [6.45, 7) is 6.38. The Hall–Kier alpha value is -2.32. The maximum Gasteiger partial charge on any atom is 0.303 e. The lowest BCUT2D eigenvalue weighted by Crippen LogP contribution is -2.57. The first kappa shape index (κ1) is 24.3. The summed E-state index contributed by atoms with van der Waals surface area (Å²) in [4.78, 5) is 38.5. The Balaban J connectivity index is 2.09. The third-order valence-corrected chi connectivity index (χ3v) is 6.96. The first-order valence-corrected chi connectivity index (χ1v) is 11.4. The average molecular weight is 448 g/mol. The van der Waals surface area contributed by atoms with Crippen LogP contribution in [0.1, 0.15) is 69.9 Å². The minimum Gasteiger partial charge on any atom is -0.481 e. The van der Waals surface area contributed by atoms with Crippen LogP contribution in [0.2, 0.25) is 0 Å². The van der Waals surface area contributed by atoms with E-state index in [-0.39, 0.29) is 12.2 Å². The molecule has 5 N–H and O–H groups in total. The first-order chi connectivity index (χ1) is 15.0. The van der Waals surface area contributed by atoms with Gasteiger partial charge in [0.1, 0.15) is 5.82 Å². The van der Waals surface area contributed by atoms with Crippen molar-refractivity contribution in [2.45, 2.75) is 75.8 Å². The largest absolute Gasteiger partial charge is 0.481 e. The van der Waals surface area contributed by atoms with Gasteiger partial charge in [-0.1, -0.05) is 19.4 Å². The van der Waals surface area contributed by atoms with Crippen LogP contribution in [-0.2, 0) is 19.8 Å². The molecule has 2 unspecified atom stereocenters. The van der Waals surface area contributed by atoms with Gasteiger partial charge in [0.05, 0.1) is 18.0 Å². The van der Waals surface area contributed by atoms with E-state index in [4.69, 9.17) is 5.73 Å². The molecular weight excluding hydrogens is 413 g/mol. The molecule has 1 aromatic carbocycles. The molecule has 0 bridgehead atoms. The molecule has 1 spiro atoms. The van der Waals surface area contributed by atoms with E-state index in [0.29, 0.717) is 38.8 Å². The number of halogens is 1. The van der Waals surface area contributed by atoms with Gasteiger partial charge < -0.3 is 21.5 Å². The molecule has 32 heavy (non-hydrogen) atoms. The Morgan fingerprint density at radius 2 is 1.97 bits per heavy atom. The fraction of sp³-hybridized carbons (Fsp3) is 0.625. The highest BCUT2D eigenvalue weighted by Gasteiger charge is 2.56. The second-order valence-corrected chi connectivity index (χ2v) is 9.76. The highest BCUT2D eigenvalue weighted by Crippen LogP contribution is 2.57. The molecule has 1 aliphatic heterocycles. The number of carbonyl (C=O) groups excluding carboxylic acids is 2. The number of hydrogen-bond donors (Lipinski definition) is 4. The van der Waals surface area contributed by atoms with Gasteiger partial charge in [0.25, 0.3) is 0 Å². The Morgan fingerprint density at radius 3 is 2.53 bits per heavy atom. The van der Waals surface area contributed by atoms with Crippen molar-refractivity contribution in [3.05, 3.63) is 35.1 Å². The number of aliphatic carboxylic acids is 1. The lowest BCUT2D eigenvalue weighted by atomic mass is 9.64. The number of amides is 1. The van der Waals surface area contributed by atoms with Crippen LogP contribution in [0.25, 0.3) is 0 Å². The zero-order chi connectivity index (χ0) is 23.7. The van der Waals surface area contributed by atoms with Gasteiger partial charge in [-0.05, 0) is 69.5 Å². The number of ketones is 1. The number of hydrogen-bond acceptors (Lipinski definition) is 5. The number of piperidine rings is 1. The van der Waals surface area contributed by atoms with Crippen LogP contribution in [0.15, 0.2) is 18.2 Å². The Kier molecular flexibility index (Phi) is 7.05. The monoisotopic (exact) mass is 447 g/mol. The standard InChI is InChI=1S/C24H34FN3O4/c1-4-5-18(28-22(32)23(2,3)26)21(31)20-16(13-19(29)30)15-7-6-14(25)12-17(15)24(20)8-10-27-11-9-24/h6-7,12,16,18,20,27H,4-5,8-11,13,26H2,1-3H3,(H,28,32)(H,29,30)/t16?,18-,20?/m1/s1. The maximum absolute atomic E-state index is 14.3. The average Bonchev–Trinajstić information content (AvgIpc) is 2.95. The SMILES string of the molecule is CCC[C@@H](NC(=O)C(C)(C)N)C(=O)C1C(CC(=O)O)c2ccc(F)cc2C12CCNCC2. The number of nitrogens with two attached hydrogens (primary N) is 1. The highest BCUT2D eigenvalue weighted by atomic mass is 19.1. The molecule has 1 aromatic rings. The van der Waals surface area contributed by atoms with Gasteiger partial charge in [-0.3, -0.25) is 14.4 Å². The Bertz CT molecular complexity index is 890. The van der Waals surface area contributed by atoms with Crippen LogP contribution in [0.4, 0.5) is 4.39 Å². The predicted molar refractivity (Wildman–Crippen MR) is 119 cm³/mol. The molecule has 176 valence electrons. The fourth-order valence-corrected chi connectivity index (χ4v) is 5.49. The van der Waals surface area contributed by atoms with Crippen molar-refractivity contribution in [2.75, 3.05) is 13.1 Å². The summed E-state index contributed by atoms with van der Waals surface area (Å²) in [6, 6.07) is 3.66. The molecule has 0 aromatic heterocycles. The summed E-state index contributed by atoms with van der Waals surface area (Å²) < 4.78 is 14.3. The summed E-state index contributed by atoms with van der Waals surface area (Å²) in [5, 5.41) is 15.8. The molecule has 1 amide bonds. The van der Waals surface area contributed by atoms with Gasteiger partial charge in [0.2, 0.25) is 5.91 Å². The van der Waals surface area contributed by atoms with Crippen LogP contribution >= 0.6 is 0 Å². The van der Waals surface area contributed by atoms with Gasteiger partial charge >= 0.3 is 5.97 Å².